The lowest BCUT2D eigenvalue weighted by Gasteiger charge is -2.24. The van der Waals surface area contributed by atoms with E-state index in [9.17, 15) is 0 Å². The lowest BCUT2D eigenvalue weighted by molar-refractivity contribution is 0.680. The van der Waals surface area contributed by atoms with Crippen LogP contribution in [0, 0.1) is 0 Å². The number of para-hydroxylation sites is 3. The van der Waals surface area contributed by atoms with E-state index in [0.29, 0.717) is 5.84 Å². The second kappa shape index (κ2) is 14.3. The Bertz CT molecular complexity index is 3750. The van der Waals surface area contributed by atoms with E-state index in [1.807, 2.05) is 35.6 Å². The van der Waals surface area contributed by atoms with Crippen molar-refractivity contribution < 1.29 is 0 Å². The van der Waals surface area contributed by atoms with E-state index in [2.05, 4.69) is 203 Å². The number of aromatic nitrogens is 2. The maximum absolute atomic E-state index is 5.37. The monoisotopic (exact) mass is 823 g/mol. The van der Waals surface area contributed by atoms with E-state index in [0.717, 1.165) is 44.9 Å². The molecule has 1 aliphatic heterocycles. The third kappa shape index (κ3) is 5.69. The molecule has 9 aromatic carbocycles. The zero-order valence-electron chi connectivity index (χ0n) is 34.0. The Morgan fingerprint density at radius 2 is 1.00 bits per heavy atom. The number of fused-ring (bicyclic) bond motifs is 9. The third-order valence-electron chi connectivity index (χ3n) is 12.6. The highest BCUT2D eigenvalue weighted by Gasteiger charge is 2.26. The standard InChI is InChI=1S/C57H37N5S/c1-5-18-36(19-6-1)44-32-40(62-47-29-15-13-26-41(47)42-27-14-16-30-48(42)62)33-52-54(44)46-34-50-45(35-51(46)63-52)53-43(28-17-31-49(53)61(50)39-24-11-4-12-25-39)57-59-55(37-20-7-2-8-21-37)58-56(60-57)38-22-9-3-10-23-38/h1-35,57H,(H,58,59,60). The minimum Gasteiger partial charge on any atom is -0.344 e. The van der Waals surface area contributed by atoms with E-state index in [1.54, 1.807) is 0 Å². The van der Waals surface area contributed by atoms with E-state index in [1.165, 1.54) is 63.9 Å². The minimum atomic E-state index is -0.386. The molecule has 0 spiro atoms. The van der Waals surface area contributed by atoms with Gasteiger partial charge in [0.1, 0.15) is 12.0 Å². The molecule has 1 N–H and O–H groups in total. The van der Waals surface area contributed by atoms with Crippen LogP contribution in [0.15, 0.2) is 222 Å². The van der Waals surface area contributed by atoms with Crippen LogP contribution < -0.4 is 5.32 Å². The minimum absolute atomic E-state index is 0.386. The molecule has 296 valence electrons. The van der Waals surface area contributed by atoms with Crippen LogP contribution in [0.2, 0.25) is 0 Å². The molecule has 0 bridgehead atoms. The Kier molecular flexibility index (Phi) is 8.08. The van der Waals surface area contributed by atoms with Crippen molar-refractivity contribution in [2.45, 2.75) is 6.17 Å². The van der Waals surface area contributed by atoms with Crippen LogP contribution in [0.1, 0.15) is 22.9 Å². The largest absolute Gasteiger partial charge is 0.344 e. The number of nitrogens with zero attached hydrogens (tertiary/aromatic N) is 4. The van der Waals surface area contributed by atoms with Crippen molar-refractivity contribution in [2.75, 3.05) is 0 Å². The predicted molar refractivity (Wildman–Crippen MR) is 265 cm³/mol. The van der Waals surface area contributed by atoms with Gasteiger partial charge in [0.15, 0.2) is 5.84 Å². The topological polar surface area (TPSA) is 46.6 Å². The average molecular weight is 824 g/mol. The van der Waals surface area contributed by atoms with E-state index >= 15 is 0 Å². The molecule has 0 radical (unpaired) electrons. The number of nitrogens with one attached hydrogen (secondary N) is 1. The molecule has 1 unspecified atom stereocenters. The van der Waals surface area contributed by atoms with Crippen LogP contribution in [0.25, 0.3) is 86.3 Å². The Hall–Kier alpha value is -8.06. The number of hydrogen-bond donors (Lipinski definition) is 1. The van der Waals surface area contributed by atoms with Crippen LogP contribution in [-0.4, -0.2) is 20.8 Å². The summed E-state index contributed by atoms with van der Waals surface area (Å²) in [6.07, 6.45) is -0.386. The van der Waals surface area contributed by atoms with Gasteiger partial charge in [-0.3, -0.25) is 0 Å². The van der Waals surface area contributed by atoms with E-state index in [-0.39, 0.29) is 6.17 Å². The summed E-state index contributed by atoms with van der Waals surface area (Å²) in [4.78, 5) is 10.5. The molecule has 0 aliphatic carbocycles. The molecule has 0 amide bonds. The van der Waals surface area contributed by atoms with Crippen molar-refractivity contribution in [3.8, 4) is 22.5 Å². The lowest BCUT2D eigenvalue weighted by atomic mass is 9.97. The first kappa shape index (κ1) is 35.7. The Morgan fingerprint density at radius 3 is 1.70 bits per heavy atom. The van der Waals surface area contributed by atoms with E-state index in [4.69, 9.17) is 9.98 Å². The number of hydrogen-bond acceptors (Lipinski definition) is 4. The SMILES string of the molecule is c1ccc(C2=NC(c3cccc4c3c3cc5sc6cc(-n7c8ccccc8c8ccccc87)cc(-c7ccccc7)c6c5cc3n4-c3ccccc3)NC(c3ccccc3)=N2)cc1. The van der Waals surface area contributed by atoms with Crippen molar-refractivity contribution >= 4 is 86.8 Å². The van der Waals surface area contributed by atoms with Gasteiger partial charge in [0, 0.05) is 69.8 Å². The zero-order chi connectivity index (χ0) is 41.4. The first-order valence-electron chi connectivity index (χ1n) is 21.4. The smallest absolute Gasteiger partial charge is 0.159 e. The summed E-state index contributed by atoms with van der Waals surface area (Å²) in [5, 5.41) is 11.2. The third-order valence-corrected chi connectivity index (χ3v) is 13.7. The Morgan fingerprint density at radius 1 is 0.413 bits per heavy atom. The highest BCUT2D eigenvalue weighted by molar-refractivity contribution is 7.26. The molecule has 1 atom stereocenters. The van der Waals surface area contributed by atoms with Gasteiger partial charge in [0.05, 0.1) is 22.1 Å². The summed E-state index contributed by atoms with van der Waals surface area (Å²) in [6, 6.07) is 76.2. The molecule has 13 rings (SSSR count). The number of rotatable bonds is 6. The fraction of sp³-hybridized carbons (Fsp3) is 0.0175. The van der Waals surface area contributed by atoms with Crippen LogP contribution in [0.3, 0.4) is 0 Å². The second-order valence-corrected chi connectivity index (χ2v) is 17.3. The molecule has 12 aromatic rings. The fourth-order valence-corrected chi connectivity index (χ4v) is 11.0. The molecule has 0 fully saturated rings. The molecular weight excluding hydrogens is 787 g/mol. The zero-order valence-corrected chi connectivity index (χ0v) is 34.8. The first-order chi connectivity index (χ1) is 31.2. The highest BCUT2D eigenvalue weighted by atomic mass is 32.1. The van der Waals surface area contributed by atoms with Crippen LogP contribution in [0.4, 0.5) is 0 Å². The van der Waals surface area contributed by atoms with Gasteiger partial charge in [0.25, 0.3) is 0 Å². The van der Waals surface area contributed by atoms with Gasteiger partial charge >= 0.3 is 0 Å². The molecule has 63 heavy (non-hydrogen) atoms. The van der Waals surface area contributed by atoms with E-state index < -0.39 is 0 Å². The Balaban J connectivity index is 1.09. The quantitative estimate of drug-likeness (QED) is 0.178. The fourth-order valence-electron chi connectivity index (χ4n) is 9.81. The van der Waals surface area contributed by atoms with Crippen molar-refractivity contribution in [3.63, 3.8) is 0 Å². The van der Waals surface area contributed by atoms with Crippen molar-refractivity contribution in [1.29, 1.82) is 0 Å². The molecule has 5 nitrogen and oxygen atoms in total. The molecule has 1 aliphatic rings. The van der Waals surface area contributed by atoms with Gasteiger partial charge in [-0.25, -0.2) is 9.98 Å². The molecule has 0 saturated carbocycles. The van der Waals surface area contributed by atoms with Gasteiger partial charge in [0.2, 0.25) is 0 Å². The van der Waals surface area contributed by atoms with Crippen LogP contribution >= 0.6 is 11.3 Å². The second-order valence-electron chi connectivity index (χ2n) is 16.2. The van der Waals surface area contributed by atoms with Crippen molar-refractivity contribution in [1.82, 2.24) is 14.5 Å². The number of benzene rings is 9. The van der Waals surface area contributed by atoms with Gasteiger partial charge in [-0.1, -0.05) is 158 Å². The molecule has 4 heterocycles. The van der Waals surface area contributed by atoms with Gasteiger partial charge in [-0.05, 0) is 65.7 Å². The van der Waals surface area contributed by atoms with Gasteiger partial charge < -0.3 is 14.5 Å². The average Bonchev–Trinajstić information content (AvgIpc) is 4.01. The molecular formula is C57H37N5S. The first-order valence-corrected chi connectivity index (χ1v) is 22.2. The van der Waals surface area contributed by atoms with Gasteiger partial charge in [-0.2, -0.15) is 0 Å². The number of aliphatic imine (C=N–C) groups is 2. The lowest BCUT2D eigenvalue weighted by Crippen LogP contribution is -2.33. The summed E-state index contributed by atoms with van der Waals surface area (Å²) in [5.74, 6) is 1.51. The molecule has 6 heteroatoms. The van der Waals surface area contributed by atoms with Gasteiger partial charge in [-0.15, -0.1) is 11.3 Å². The molecule has 0 saturated heterocycles. The summed E-state index contributed by atoms with van der Waals surface area (Å²) in [6.45, 7) is 0. The van der Waals surface area contributed by atoms with Crippen molar-refractivity contribution in [3.05, 3.63) is 229 Å². The predicted octanol–water partition coefficient (Wildman–Crippen LogP) is 14.4. The highest BCUT2D eigenvalue weighted by Crippen LogP contribution is 2.47. The maximum atomic E-state index is 5.37. The maximum Gasteiger partial charge on any atom is 0.159 e. The van der Waals surface area contributed by atoms with Crippen LogP contribution in [-0.2, 0) is 0 Å². The summed E-state index contributed by atoms with van der Waals surface area (Å²) >= 11 is 1.87. The number of thiophene rings is 1. The summed E-state index contributed by atoms with van der Waals surface area (Å²) < 4.78 is 7.37. The van der Waals surface area contributed by atoms with Crippen molar-refractivity contribution in [2.24, 2.45) is 9.98 Å². The normalized spacial score (nSPS) is 14.2. The summed E-state index contributed by atoms with van der Waals surface area (Å²) in [5.41, 5.74) is 12.5. The molecule has 3 aromatic heterocycles. The summed E-state index contributed by atoms with van der Waals surface area (Å²) in [7, 11) is 0. The van der Waals surface area contributed by atoms with Crippen LogP contribution in [0.5, 0.6) is 0 Å². The Labute approximate surface area is 367 Å². The number of amidine groups is 2.